The average molecular weight is 1110 g/mol. The van der Waals surface area contributed by atoms with Crippen LogP contribution in [0, 0.1) is 5.92 Å². The van der Waals surface area contributed by atoms with Gasteiger partial charge in [-0.15, -0.1) is 0 Å². The third kappa shape index (κ3) is 26.0. The molecule has 0 aliphatic carbocycles. The molecule has 0 aromatic heterocycles. The van der Waals surface area contributed by atoms with Crippen molar-refractivity contribution in [2.45, 2.75) is 141 Å². The normalized spacial score (nSPS) is 13.1. The molecule has 18 nitrogen and oxygen atoms in total. The quantitative estimate of drug-likeness (QED) is 0.0137. The largest absolute Gasteiger partial charge is 0.497 e. The summed E-state index contributed by atoms with van der Waals surface area (Å²) in [7, 11) is 3.19. The number of carbonyl (C=O) groups is 5. The summed E-state index contributed by atoms with van der Waals surface area (Å²) in [5, 5.41) is 14.6. The van der Waals surface area contributed by atoms with E-state index in [-0.39, 0.29) is 63.4 Å². The molecule has 4 amide bonds. The number of esters is 1. The molecule has 4 rings (SSSR count). The lowest BCUT2D eigenvalue weighted by molar-refractivity contribution is -0.148. The summed E-state index contributed by atoms with van der Waals surface area (Å²) >= 11 is 0. The molecule has 79 heavy (non-hydrogen) atoms. The zero-order valence-corrected chi connectivity index (χ0v) is 47.5. The van der Waals surface area contributed by atoms with Crippen LogP contribution in [0.1, 0.15) is 146 Å². The lowest BCUT2D eigenvalue weighted by Crippen LogP contribution is -2.54. The smallest absolute Gasteiger partial charge is 0.306 e. The van der Waals surface area contributed by atoms with Crippen LogP contribution < -0.4 is 25.6 Å². The van der Waals surface area contributed by atoms with Crippen molar-refractivity contribution in [2.24, 2.45) is 5.92 Å². The van der Waals surface area contributed by atoms with E-state index in [0.29, 0.717) is 90.0 Å². The minimum Gasteiger partial charge on any atom is -0.497 e. The van der Waals surface area contributed by atoms with Gasteiger partial charge in [0, 0.05) is 38.9 Å². The number of amides is 4. The van der Waals surface area contributed by atoms with E-state index >= 15 is 0 Å². The minimum atomic E-state index is -1.26. The molecule has 1 aliphatic rings. The highest BCUT2D eigenvalue weighted by molar-refractivity contribution is 5.88. The van der Waals surface area contributed by atoms with Gasteiger partial charge in [-0.25, -0.2) is 5.48 Å². The number of benzene rings is 3. The Labute approximate surface area is 469 Å². The Balaban J connectivity index is 1.19. The fourth-order valence-corrected chi connectivity index (χ4v) is 9.40. The molecular weight excluding hydrogens is 1010 g/mol. The van der Waals surface area contributed by atoms with Crippen molar-refractivity contribution < 1.29 is 67.1 Å². The second kappa shape index (κ2) is 40.5. The number of unbranched alkanes of at least 4 members (excludes halogenated alkanes) is 12. The first kappa shape index (κ1) is 65.9. The Kier molecular flexibility index (Phi) is 33.8. The number of hydrogen-bond acceptors (Lipinski definition) is 14. The molecule has 0 saturated carbocycles. The fraction of sp³-hybridized carbons (Fsp3) is 0.623. The molecule has 1 aliphatic heterocycles. The number of rotatable bonds is 44. The molecule has 4 N–H and O–H groups in total. The highest BCUT2D eigenvalue weighted by Gasteiger charge is 2.40. The predicted octanol–water partition coefficient (Wildman–Crippen LogP) is 8.62. The number of piperidine rings is 1. The van der Waals surface area contributed by atoms with Crippen molar-refractivity contribution >= 4 is 29.6 Å². The van der Waals surface area contributed by atoms with E-state index in [1.54, 1.807) is 19.1 Å². The van der Waals surface area contributed by atoms with Crippen molar-refractivity contribution in [1.29, 1.82) is 0 Å². The van der Waals surface area contributed by atoms with Crippen molar-refractivity contribution in [3.05, 3.63) is 95.6 Å². The van der Waals surface area contributed by atoms with Crippen LogP contribution in [0.25, 0.3) is 0 Å². The van der Waals surface area contributed by atoms with Crippen LogP contribution in [0.2, 0.25) is 0 Å². The van der Waals surface area contributed by atoms with E-state index in [2.05, 4.69) is 17.6 Å². The second-order valence-corrected chi connectivity index (χ2v) is 20.0. The summed E-state index contributed by atoms with van der Waals surface area (Å²) in [5.74, 6) is -0.603. The lowest BCUT2D eigenvalue weighted by atomic mass is 9.80. The number of ether oxygens (including phenoxy) is 8. The molecule has 1 fully saturated rings. The van der Waals surface area contributed by atoms with E-state index in [0.717, 1.165) is 29.5 Å². The number of nitrogens with one attached hydrogen (secondary N) is 3. The maximum Gasteiger partial charge on any atom is 0.306 e. The Morgan fingerprint density at radius 2 is 1.06 bits per heavy atom. The van der Waals surface area contributed by atoms with Crippen LogP contribution in [0.5, 0.6) is 11.5 Å². The topological polar surface area (TPSA) is 219 Å². The second-order valence-electron chi connectivity index (χ2n) is 20.0. The van der Waals surface area contributed by atoms with Gasteiger partial charge >= 0.3 is 5.97 Å². The minimum absolute atomic E-state index is 0.0194. The molecule has 1 saturated heterocycles. The number of hydroxylamine groups is 1. The first-order valence-corrected chi connectivity index (χ1v) is 28.9. The number of hydrogen-bond donors (Lipinski definition) is 4. The standard InChI is InChI=1S/C61H92N4O14/c1-4-5-6-7-8-9-10-11-12-13-14-15-19-22-56(66)62-36-40-75-42-44-77-46-45-76-43-41-74-39-35-57(67)63-55(60(70)65-37-33-49(34-38-65)47-78-59(69)32-31-58(68)64-71)48-79-61(50-20-17-16-18-21-50,51-23-27-53(72-2)28-24-51)52-25-29-54(73-3)30-26-52/h16-18,20-21,23-30,49,55,71H,4-15,19,22,31-48H2,1-3H3,(H,62,66)(H,63,67)(H,64,68)/t55-/m0/s1. The Morgan fingerprint density at radius 3 is 1.58 bits per heavy atom. The molecule has 1 atom stereocenters. The van der Waals surface area contributed by atoms with Crippen LogP contribution in [0.4, 0.5) is 0 Å². The van der Waals surface area contributed by atoms with Gasteiger partial charge in [-0.05, 0) is 66.1 Å². The van der Waals surface area contributed by atoms with E-state index in [9.17, 15) is 24.0 Å². The molecule has 0 bridgehead atoms. The fourth-order valence-electron chi connectivity index (χ4n) is 9.40. The van der Waals surface area contributed by atoms with Gasteiger partial charge in [0.15, 0.2) is 0 Å². The Bertz CT molecular complexity index is 2080. The molecule has 1 heterocycles. The summed E-state index contributed by atoms with van der Waals surface area (Å²) in [6.07, 6.45) is 17.9. The third-order valence-electron chi connectivity index (χ3n) is 14.0. The molecule has 3 aromatic carbocycles. The highest BCUT2D eigenvalue weighted by atomic mass is 16.6. The summed E-state index contributed by atoms with van der Waals surface area (Å²) in [5.41, 5.74) is 2.55. The van der Waals surface area contributed by atoms with Gasteiger partial charge in [0.25, 0.3) is 0 Å². The number of likely N-dealkylation sites (tertiary alicyclic amines) is 1. The summed E-state index contributed by atoms with van der Waals surface area (Å²) in [6.45, 7) is 5.95. The molecular formula is C61H92N4O14. The van der Waals surface area contributed by atoms with E-state index in [4.69, 9.17) is 43.1 Å². The van der Waals surface area contributed by atoms with Crippen LogP contribution >= 0.6 is 0 Å². The van der Waals surface area contributed by atoms with Gasteiger partial charge in [-0.3, -0.25) is 29.2 Å². The van der Waals surface area contributed by atoms with Crippen molar-refractivity contribution in [1.82, 2.24) is 21.0 Å². The average Bonchev–Trinajstić information content (AvgIpc) is 3.59. The first-order valence-electron chi connectivity index (χ1n) is 28.9. The predicted molar refractivity (Wildman–Crippen MR) is 301 cm³/mol. The van der Waals surface area contributed by atoms with Crippen LogP contribution in [0.15, 0.2) is 78.9 Å². The summed E-state index contributed by atoms with van der Waals surface area (Å²) < 4.78 is 46.1. The zero-order valence-electron chi connectivity index (χ0n) is 47.5. The van der Waals surface area contributed by atoms with Gasteiger partial charge in [0.2, 0.25) is 23.6 Å². The maximum atomic E-state index is 14.6. The third-order valence-corrected chi connectivity index (χ3v) is 14.0. The van der Waals surface area contributed by atoms with Gasteiger partial charge in [0.1, 0.15) is 23.1 Å². The molecule has 0 spiro atoms. The van der Waals surface area contributed by atoms with Crippen molar-refractivity contribution in [3.8, 4) is 11.5 Å². The molecule has 3 aromatic rings. The van der Waals surface area contributed by atoms with Gasteiger partial charge < -0.3 is 53.4 Å². The monoisotopic (exact) mass is 1100 g/mol. The first-order chi connectivity index (χ1) is 38.6. The van der Waals surface area contributed by atoms with Crippen LogP contribution in [0.3, 0.4) is 0 Å². The number of carbonyl (C=O) groups excluding carboxylic acids is 5. The van der Waals surface area contributed by atoms with Crippen molar-refractivity contribution in [3.63, 3.8) is 0 Å². The summed E-state index contributed by atoms with van der Waals surface area (Å²) in [6, 6.07) is 23.6. The Morgan fingerprint density at radius 1 is 0.570 bits per heavy atom. The Hall–Kier alpha value is -5.63. The van der Waals surface area contributed by atoms with Gasteiger partial charge in [0.05, 0.1) is 86.7 Å². The number of nitrogens with zero attached hydrogens (tertiary/aromatic N) is 1. The van der Waals surface area contributed by atoms with Crippen LogP contribution in [-0.2, 0) is 58.0 Å². The maximum absolute atomic E-state index is 14.6. The molecule has 440 valence electrons. The van der Waals surface area contributed by atoms with E-state index in [1.165, 1.54) is 76.1 Å². The molecule has 0 radical (unpaired) electrons. The SMILES string of the molecule is CCCCCCCCCCCCCCCC(=O)NCCOCCOCCOCCOCCC(=O)N[C@@H](COC(c1ccccc1)(c1ccc(OC)cc1)c1ccc(OC)cc1)C(=O)N1CCC(COC(=O)CCC(=O)NO)CC1. The van der Waals surface area contributed by atoms with Gasteiger partial charge in [-0.1, -0.05) is 139 Å². The van der Waals surface area contributed by atoms with Crippen molar-refractivity contribution in [2.75, 3.05) is 99.9 Å². The lowest BCUT2D eigenvalue weighted by Gasteiger charge is -2.38. The number of methoxy groups -OCH3 is 2. The van der Waals surface area contributed by atoms with E-state index in [1.807, 2.05) is 78.9 Å². The van der Waals surface area contributed by atoms with Gasteiger partial charge in [-0.2, -0.15) is 0 Å². The van der Waals surface area contributed by atoms with E-state index < -0.39 is 29.4 Å². The summed E-state index contributed by atoms with van der Waals surface area (Å²) in [4.78, 5) is 65.7. The van der Waals surface area contributed by atoms with Crippen LogP contribution in [-0.4, -0.2) is 146 Å². The zero-order chi connectivity index (χ0) is 56.6. The molecule has 18 heteroatoms. The highest BCUT2D eigenvalue weighted by Crippen LogP contribution is 2.42. The molecule has 0 unspecified atom stereocenters.